The van der Waals surface area contributed by atoms with Gasteiger partial charge in [0.2, 0.25) is 0 Å². The molecule has 0 amide bonds. The van der Waals surface area contributed by atoms with Gasteiger partial charge < -0.3 is 10.2 Å². The number of rotatable bonds is 6. The maximum Gasteiger partial charge on any atom is 0.186 e. The van der Waals surface area contributed by atoms with Crippen LogP contribution in [-0.2, 0) is 13.0 Å². The average Bonchev–Trinajstić information content (AvgIpc) is 2.83. The number of aryl methyl sites for hydroxylation is 1. The molecular weight excluding hydrogens is 286 g/mol. The molecule has 1 aromatic rings. The van der Waals surface area contributed by atoms with Gasteiger partial charge in [0.1, 0.15) is 0 Å². The predicted octanol–water partition coefficient (Wildman–Crippen LogP) is 3.54. The molecule has 0 aromatic carbocycles. The van der Waals surface area contributed by atoms with Crippen LogP contribution in [0.1, 0.15) is 44.7 Å². The molecule has 0 spiro atoms. The summed E-state index contributed by atoms with van der Waals surface area (Å²) in [5, 5.41) is 5.38. The summed E-state index contributed by atoms with van der Waals surface area (Å²) >= 11 is 3.98. The summed E-state index contributed by atoms with van der Waals surface area (Å²) in [6.45, 7) is 12.2. The van der Waals surface area contributed by atoms with Gasteiger partial charge in [-0.25, -0.2) is 4.98 Å². The van der Waals surface area contributed by atoms with Crippen LogP contribution in [0.4, 0.5) is 5.13 Å². The highest BCUT2D eigenvalue weighted by Gasteiger charge is 2.28. The fraction of sp³-hybridized carbons (Fsp3) is 0.800. The van der Waals surface area contributed by atoms with Gasteiger partial charge in [0.05, 0.1) is 5.69 Å². The standard InChI is InChI=1S/C15H27N3S2/c1-5-7-13-14(10-16-6-2)20-15(17-13)18-8-9-19-12(4)11(18)3/h11-12,16H,5-10H2,1-4H3. The van der Waals surface area contributed by atoms with Crippen LogP contribution in [0, 0.1) is 0 Å². The van der Waals surface area contributed by atoms with E-state index in [1.54, 1.807) is 0 Å². The molecule has 20 heavy (non-hydrogen) atoms. The van der Waals surface area contributed by atoms with Gasteiger partial charge in [-0.3, -0.25) is 0 Å². The molecule has 1 aliphatic rings. The highest BCUT2D eigenvalue weighted by Crippen LogP contribution is 2.33. The van der Waals surface area contributed by atoms with E-state index in [1.807, 2.05) is 11.3 Å². The van der Waals surface area contributed by atoms with Gasteiger partial charge in [-0.1, -0.05) is 27.2 Å². The third-order valence-electron chi connectivity index (χ3n) is 3.92. The van der Waals surface area contributed by atoms with E-state index in [9.17, 15) is 0 Å². The second kappa shape index (κ2) is 7.66. The Balaban J connectivity index is 2.18. The Morgan fingerprint density at radius 1 is 1.35 bits per heavy atom. The summed E-state index contributed by atoms with van der Waals surface area (Å²) in [7, 11) is 0. The van der Waals surface area contributed by atoms with Crippen LogP contribution in [-0.4, -0.2) is 35.1 Å². The second-order valence-electron chi connectivity index (χ2n) is 5.41. The van der Waals surface area contributed by atoms with Crippen molar-refractivity contribution in [1.29, 1.82) is 0 Å². The van der Waals surface area contributed by atoms with Crippen molar-refractivity contribution >= 4 is 28.2 Å². The summed E-state index contributed by atoms with van der Waals surface area (Å²) in [6, 6.07) is 0.585. The molecule has 1 aliphatic heterocycles. The molecule has 1 aromatic heterocycles. The van der Waals surface area contributed by atoms with Gasteiger partial charge in [-0.2, -0.15) is 11.8 Å². The predicted molar refractivity (Wildman–Crippen MR) is 92.2 cm³/mol. The highest BCUT2D eigenvalue weighted by atomic mass is 32.2. The van der Waals surface area contributed by atoms with Gasteiger partial charge >= 0.3 is 0 Å². The number of hydrogen-bond donors (Lipinski definition) is 1. The number of hydrogen-bond acceptors (Lipinski definition) is 5. The normalized spacial score (nSPS) is 23.3. The highest BCUT2D eigenvalue weighted by molar-refractivity contribution is 8.00. The van der Waals surface area contributed by atoms with Gasteiger partial charge in [0, 0.05) is 35.0 Å². The first-order valence-electron chi connectivity index (χ1n) is 7.74. The number of aromatic nitrogens is 1. The molecule has 2 heterocycles. The summed E-state index contributed by atoms with van der Waals surface area (Å²) in [5.41, 5.74) is 1.31. The Kier molecular flexibility index (Phi) is 6.18. The molecule has 2 atom stereocenters. The van der Waals surface area contributed by atoms with Crippen LogP contribution >= 0.6 is 23.1 Å². The number of anilines is 1. The van der Waals surface area contributed by atoms with E-state index in [2.05, 4.69) is 49.7 Å². The number of thiazole rings is 1. The van der Waals surface area contributed by atoms with E-state index in [0.717, 1.165) is 26.1 Å². The first-order valence-corrected chi connectivity index (χ1v) is 9.61. The number of thioether (sulfide) groups is 1. The minimum Gasteiger partial charge on any atom is -0.343 e. The Morgan fingerprint density at radius 3 is 2.85 bits per heavy atom. The van der Waals surface area contributed by atoms with E-state index in [0.29, 0.717) is 11.3 Å². The van der Waals surface area contributed by atoms with Crippen molar-refractivity contribution in [3.8, 4) is 0 Å². The molecule has 0 radical (unpaired) electrons. The Morgan fingerprint density at radius 2 is 2.15 bits per heavy atom. The van der Waals surface area contributed by atoms with Crippen LogP contribution in [0.3, 0.4) is 0 Å². The van der Waals surface area contributed by atoms with Crippen molar-refractivity contribution in [3.63, 3.8) is 0 Å². The number of nitrogens with zero attached hydrogens (tertiary/aromatic N) is 2. The van der Waals surface area contributed by atoms with Gasteiger partial charge in [-0.05, 0) is 19.9 Å². The van der Waals surface area contributed by atoms with Crippen molar-refractivity contribution in [2.45, 2.75) is 58.4 Å². The lowest BCUT2D eigenvalue weighted by Gasteiger charge is -2.37. The van der Waals surface area contributed by atoms with Gasteiger partial charge in [0.15, 0.2) is 5.13 Å². The summed E-state index contributed by atoms with van der Waals surface area (Å²) in [4.78, 5) is 8.90. The quantitative estimate of drug-likeness (QED) is 0.869. The molecule has 114 valence electrons. The van der Waals surface area contributed by atoms with Crippen LogP contribution in [0.25, 0.3) is 0 Å². The Labute approximate surface area is 131 Å². The van der Waals surface area contributed by atoms with Crippen LogP contribution in [0.5, 0.6) is 0 Å². The summed E-state index contributed by atoms with van der Waals surface area (Å²) in [6.07, 6.45) is 2.27. The molecule has 5 heteroatoms. The van der Waals surface area contributed by atoms with Crippen molar-refractivity contribution in [1.82, 2.24) is 10.3 Å². The average molecular weight is 314 g/mol. The lowest BCUT2D eigenvalue weighted by Crippen LogP contribution is -2.44. The minimum atomic E-state index is 0.585. The molecule has 2 rings (SSSR count). The zero-order valence-electron chi connectivity index (χ0n) is 13.1. The maximum atomic E-state index is 4.96. The first-order chi connectivity index (χ1) is 9.67. The maximum absolute atomic E-state index is 4.96. The fourth-order valence-corrected chi connectivity index (χ4v) is 4.79. The zero-order valence-corrected chi connectivity index (χ0v) is 14.7. The molecule has 1 N–H and O–H groups in total. The third-order valence-corrected chi connectivity index (χ3v) is 6.39. The van der Waals surface area contributed by atoms with E-state index in [1.165, 1.54) is 27.9 Å². The van der Waals surface area contributed by atoms with Gasteiger partial charge in [0.25, 0.3) is 0 Å². The van der Waals surface area contributed by atoms with Crippen molar-refractivity contribution in [2.75, 3.05) is 23.7 Å². The van der Waals surface area contributed by atoms with Crippen LogP contribution < -0.4 is 10.2 Å². The van der Waals surface area contributed by atoms with Crippen molar-refractivity contribution < 1.29 is 0 Å². The van der Waals surface area contributed by atoms with Crippen molar-refractivity contribution in [2.24, 2.45) is 0 Å². The van der Waals surface area contributed by atoms with E-state index in [-0.39, 0.29) is 0 Å². The molecule has 2 unspecified atom stereocenters. The van der Waals surface area contributed by atoms with Crippen molar-refractivity contribution in [3.05, 3.63) is 10.6 Å². The number of nitrogens with one attached hydrogen (secondary N) is 1. The molecule has 3 nitrogen and oxygen atoms in total. The largest absolute Gasteiger partial charge is 0.343 e. The Hall–Kier alpha value is -0.260. The van der Waals surface area contributed by atoms with Crippen LogP contribution in [0.2, 0.25) is 0 Å². The Bertz CT molecular complexity index is 419. The zero-order chi connectivity index (χ0) is 14.5. The lowest BCUT2D eigenvalue weighted by molar-refractivity contribution is 0.624. The molecule has 0 bridgehead atoms. The second-order valence-corrected chi connectivity index (χ2v) is 7.95. The molecular formula is C15H27N3S2. The third kappa shape index (κ3) is 3.68. The monoisotopic (exact) mass is 313 g/mol. The van der Waals surface area contributed by atoms with E-state index < -0.39 is 0 Å². The molecule has 0 aliphatic carbocycles. The molecule has 1 fully saturated rings. The van der Waals surface area contributed by atoms with E-state index >= 15 is 0 Å². The summed E-state index contributed by atoms with van der Waals surface area (Å²) < 4.78 is 0. The van der Waals surface area contributed by atoms with Crippen LogP contribution in [0.15, 0.2) is 0 Å². The summed E-state index contributed by atoms with van der Waals surface area (Å²) in [5.74, 6) is 1.22. The van der Waals surface area contributed by atoms with E-state index in [4.69, 9.17) is 4.98 Å². The fourth-order valence-electron chi connectivity index (χ4n) is 2.50. The molecule has 1 saturated heterocycles. The first kappa shape index (κ1) is 16.1. The smallest absolute Gasteiger partial charge is 0.186 e. The minimum absolute atomic E-state index is 0.585. The SMILES string of the molecule is CCCc1nc(N2CCSC(C)C2C)sc1CNCC. The van der Waals surface area contributed by atoms with Gasteiger partial charge in [-0.15, -0.1) is 11.3 Å². The molecule has 0 saturated carbocycles. The lowest BCUT2D eigenvalue weighted by atomic mass is 10.2. The topological polar surface area (TPSA) is 28.2 Å².